The van der Waals surface area contributed by atoms with Crippen LogP contribution in [0.15, 0.2) is 24.3 Å². The first-order chi connectivity index (χ1) is 9.87. The number of anilines is 1. The summed E-state index contributed by atoms with van der Waals surface area (Å²) in [5.74, 6) is 0.680. The smallest absolute Gasteiger partial charge is 0.0805 e. The van der Waals surface area contributed by atoms with E-state index in [4.69, 9.17) is 4.74 Å². The first kappa shape index (κ1) is 16.3. The molecule has 21 heavy (non-hydrogen) atoms. The maximum atomic E-state index is 6.02. The van der Waals surface area contributed by atoms with E-state index in [-0.39, 0.29) is 11.7 Å². The van der Waals surface area contributed by atoms with Gasteiger partial charge in [0.05, 0.1) is 11.7 Å². The maximum Gasteiger partial charge on any atom is 0.0805 e. The number of benzene rings is 1. The van der Waals surface area contributed by atoms with Gasteiger partial charge in [-0.3, -0.25) is 0 Å². The van der Waals surface area contributed by atoms with Crippen molar-refractivity contribution in [3.8, 4) is 0 Å². The lowest BCUT2D eigenvalue weighted by Crippen LogP contribution is -2.52. The predicted molar refractivity (Wildman–Crippen MR) is 89.8 cm³/mol. The van der Waals surface area contributed by atoms with E-state index >= 15 is 0 Å². The molecule has 1 aliphatic rings. The largest absolute Gasteiger partial charge is 0.369 e. The maximum absolute atomic E-state index is 6.02. The fourth-order valence-corrected chi connectivity index (χ4v) is 3.10. The Bertz CT molecular complexity index is 456. The van der Waals surface area contributed by atoms with Crippen LogP contribution >= 0.6 is 0 Å². The van der Waals surface area contributed by atoms with Gasteiger partial charge < -0.3 is 15.0 Å². The number of hydrogen-bond acceptors (Lipinski definition) is 3. The first-order valence-corrected chi connectivity index (χ1v) is 8.09. The van der Waals surface area contributed by atoms with Crippen molar-refractivity contribution < 1.29 is 4.74 Å². The molecule has 3 heteroatoms. The van der Waals surface area contributed by atoms with Gasteiger partial charge in [0.15, 0.2) is 0 Å². The van der Waals surface area contributed by atoms with Crippen molar-refractivity contribution in [1.29, 1.82) is 0 Å². The summed E-state index contributed by atoms with van der Waals surface area (Å²) >= 11 is 0. The summed E-state index contributed by atoms with van der Waals surface area (Å²) in [7, 11) is 0. The van der Waals surface area contributed by atoms with Gasteiger partial charge in [0.25, 0.3) is 0 Å². The van der Waals surface area contributed by atoms with E-state index in [0.717, 1.165) is 26.2 Å². The number of ether oxygens (including phenoxy) is 1. The highest BCUT2D eigenvalue weighted by atomic mass is 16.5. The molecule has 1 unspecified atom stereocenters. The van der Waals surface area contributed by atoms with Crippen LogP contribution in [0.3, 0.4) is 0 Å². The van der Waals surface area contributed by atoms with Crippen LogP contribution in [0.25, 0.3) is 0 Å². The average molecular weight is 290 g/mol. The van der Waals surface area contributed by atoms with Crippen molar-refractivity contribution in [1.82, 2.24) is 5.32 Å². The molecule has 1 heterocycles. The fraction of sp³-hybridized carbons (Fsp3) is 0.667. The minimum atomic E-state index is -0.0872. The van der Waals surface area contributed by atoms with Crippen molar-refractivity contribution in [3.05, 3.63) is 29.8 Å². The zero-order valence-electron chi connectivity index (χ0n) is 14.1. The highest BCUT2D eigenvalue weighted by Crippen LogP contribution is 2.28. The van der Waals surface area contributed by atoms with Gasteiger partial charge in [0, 0.05) is 25.3 Å². The highest BCUT2D eigenvalue weighted by Gasteiger charge is 2.31. The van der Waals surface area contributed by atoms with Gasteiger partial charge in [-0.25, -0.2) is 0 Å². The molecule has 0 amide bonds. The molecule has 1 aromatic carbocycles. The van der Waals surface area contributed by atoms with Gasteiger partial charge in [-0.05, 0) is 44.9 Å². The minimum Gasteiger partial charge on any atom is -0.369 e. The summed E-state index contributed by atoms with van der Waals surface area (Å²) in [6.07, 6.45) is 0.269. The molecule has 0 spiro atoms. The van der Waals surface area contributed by atoms with E-state index in [1.165, 1.54) is 11.3 Å². The normalized spacial score (nSPS) is 21.8. The van der Waals surface area contributed by atoms with Crippen molar-refractivity contribution in [2.24, 2.45) is 5.92 Å². The first-order valence-electron chi connectivity index (χ1n) is 8.09. The van der Waals surface area contributed by atoms with E-state index in [2.05, 4.69) is 69.1 Å². The lowest BCUT2D eigenvalue weighted by atomic mass is 10.0. The highest BCUT2D eigenvalue weighted by molar-refractivity contribution is 5.54. The molecule has 1 saturated heterocycles. The predicted octanol–water partition coefficient (Wildman–Crippen LogP) is 3.44. The Kier molecular flexibility index (Phi) is 5.28. The molecule has 0 aliphatic carbocycles. The molecule has 118 valence electrons. The lowest BCUT2D eigenvalue weighted by Gasteiger charge is -2.43. The van der Waals surface area contributed by atoms with Crippen molar-refractivity contribution in [3.63, 3.8) is 0 Å². The topological polar surface area (TPSA) is 24.5 Å². The van der Waals surface area contributed by atoms with Gasteiger partial charge in [0.1, 0.15) is 0 Å². The Balaban J connectivity index is 2.11. The third-order valence-electron chi connectivity index (χ3n) is 3.77. The number of para-hydroxylation sites is 1. The molecule has 1 N–H and O–H groups in total. The quantitative estimate of drug-likeness (QED) is 0.899. The van der Waals surface area contributed by atoms with Crippen LogP contribution in [0.4, 0.5) is 5.69 Å². The molecule has 0 aromatic heterocycles. The van der Waals surface area contributed by atoms with E-state index in [1.807, 2.05) is 0 Å². The molecular weight excluding hydrogens is 260 g/mol. The lowest BCUT2D eigenvalue weighted by molar-refractivity contribution is -0.0750. The standard InChI is InChI=1S/C18H30N2O/c1-14(2)10-19-11-16-8-6-7-9-17(16)20-12-15(3)21-18(4,5)13-20/h6-9,14-15,19H,10-13H2,1-5H3. The minimum absolute atomic E-state index is 0.0872. The Morgan fingerprint density at radius 2 is 2.05 bits per heavy atom. The number of nitrogens with zero attached hydrogens (tertiary/aromatic N) is 1. The van der Waals surface area contributed by atoms with E-state index in [9.17, 15) is 0 Å². The van der Waals surface area contributed by atoms with E-state index < -0.39 is 0 Å². The third-order valence-corrected chi connectivity index (χ3v) is 3.77. The Morgan fingerprint density at radius 1 is 1.33 bits per heavy atom. The third kappa shape index (κ3) is 4.72. The monoisotopic (exact) mass is 290 g/mol. The van der Waals surface area contributed by atoms with Crippen molar-refractivity contribution in [2.45, 2.75) is 52.9 Å². The molecule has 1 atom stereocenters. The summed E-state index contributed by atoms with van der Waals surface area (Å²) in [6, 6.07) is 8.73. The molecule has 0 bridgehead atoms. The van der Waals surface area contributed by atoms with Gasteiger partial charge in [0.2, 0.25) is 0 Å². The van der Waals surface area contributed by atoms with Gasteiger partial charge >= 0.3 is 0 Å². The van der Waals surface area contributed by atoms with Crippen LogP contribution in [0.2, 0.25) is 0 Å². The number of nitrogens with one attached hydrogen (secondary N) is 1. The molecule has 1 aliphatic heterocycles. The summed E-state index contributed by atoms with van der Waals surface area (Å²) in [4.78, 5) is 2.47. The van der Waals surface area contributed by atoms with Crippen LogP contribution in [0, 0.1) is 5.92 Å². The molecule has 2 rings (SSSR count). The van der Waals surface area contributed by atoms with Gasteiger partial charge in [-0.1, -0.05) is 32.0 Å². The van der Waals surface area contributed by atoms with E-state index in [0.29, 0.717) is 5.92 Å². The zero-order valence-corrected chi connectivity index (χ0v) is 14.1. The Hall–Kier alpha value is -1.06. The molecule has 0 saturated carbocycles. The van der Waals surface area contributed by atoms with Crippen LogP contribution in [-0.2, 0) is 11.3 Å². The SMILES string of the molecule is CC(C)CNCc1ccccc1N1CC(C)OC(C)(C)C1. The molecule has 3 nitrogen and oxygen atoms in total. The molecule has 1 aromatic rings. The Morgan fingerprint density at radius 3 is 2.71 bits per heavy atom. The Labute approximate surface area is 129 Å². The molecular formula is C18H30N2O. The van der Waals surface area contributed by atoms with Crippen molar-refractivity contribution >= 4 is 5.69 Å². The molecule has 0 radical (unpaired) electrons. The van der Waals surface area contributed by atoms with Crippen LogP contribution in [0.1, 0.15) is 40.2 Å². The second-order valence-corrected chi connectivity index (χ2v) is 7.22. The zero-order chi connectivity index (χ0) is 15.5. The fourth-order valence-electron chi connectivity index (χ4n) is 3.10. The second-order valence-electron chi connectivity index (χ2n) is 7.22. The second kappa shape index (κ2) is 6.80. The van der Waals surface area contributed by atoms with Crippen molar-refractivity contribution in [2.75, 3.05) is 24.5 Å². The number of rotatable bonds is 5. The van der Waals surface area contributed by atoms with E-state index in [1.54, 1.807) is 0 Å². The number of morpholine rings is 1. The summed E-state index contributed by atoms with van der Waals surface area (Å²) in [6.45, 7) is 14.9. The van der Waals surface area contributed by atoms with Crippen LogP contribution < -0.4 is 10.2 Å². The average Bonchev–Trinajstić information content (AvgIpc) is 2.36. The number of hydrogen-bond donors (Lipinski definition) is 1. The van der Waals surface area contributed by atoms with Gasteiger partial charge in [-0.15, -0.1) is 0 Å². The summed E-state index contributed by atoms with van der Waals surface area (Å²) in [5, 5.41) is 3.55. The summed E-state index contributed by atoms with van der Waals surface area (Å²) < 4.78 is 6.02. The van der Waals surface area contributed by atoms with Gasteiger partial charge in [-0.2, -0.15) is 0 Å². The van der Waals surface area contributed by atoms with Crippen LogP contribution in [-0.4, -0.2) is 31.3 Å². The summed E-state index contributed by atoms with van der Waals surface area (Å²) in [5.41, 5.74) is 2.64. The molecule has 1 fully saturated rings. The van der Waals surface area contributed by atoms with Crippen LogP contribution in [0.5, 0.6) is 0 Å².